The van der Waals surface area contributed by atoms with E-state index in [1.54, 1.807) is 18.5 Å². The van der Waals surface area contributed by atoms with E-state index < -0.39 is 11.7 Å². The van der Waals surface area contributed by atoms with Gasteiger partial charge in [-0.05, 0) is 43.0 Å². The predicted molar refractivity (Wildman–Crippen MR) is 73.4 cm³/mol. The van der Waals surface area contributed by atoms with Crippen molar-refractivity contribution in [3.8, 4) is 5.69 Å². The molecule has 0 spiro atoms. The van der Waals surface area contributed by atoms with Crippen LogP contribution in [0.3, 0.4) is 0 Å². The zero-order valence-corrected chi connectivity index (χ0v) is 11.4. The Morgan fingerprint density at radius 1 is 1.24 bits per heavy atom. The molecule has 1 aromatic carbocycles. The number of aromatic nitrogens is 2. The highest BCUT2D eigenvalue weighted by atomic mass is 19.4. The summed E-state index contributed by atoms with van der Waals surface area (Å²) in [4.78, 5) is 0. The fourth-order valence-corrected chi connectivity index (χ4v) is 2.73. The molecule has 3 nitrogen and oxygen atoms in total. The zero-order chi connectivity index (χ0) is 14.9. The molecule has 0 bridgehead atoms. The van der Waals surface area contributed by atoms with Crippen LogP contribution in [0.15, 0.2) is 36.7 Å². The van der Waals surface area contributed by atoms with E-state index >= 15 is 0 Å². The van der Waals surface area contributed by atoms with Gasteiger partial charge in [-0.15, -0.1) is 0 Å². The Kier molecular flexibility index (Phi) is 3.71. The summed E-state index contributed by atoms with van der Waals surface area (Å²) in [6.07, 6.45) is 1.12. The van der Waals surface area contributed by atoms with Gasteiger partial charge < -0.3 is 5.32 Å². The van der Waals surface area contributed by atoms with E-state index in [0.29, 0.717) is 5.92 Å². The van der Waals surface area contributed by atoms with E-state index in [1.165, 1.54) is 16.8 Å². The lowest BCUT2D eigenvalue weighted by molar-refractivity contribution is -0.137. The first kappa shape index (κ1) is 14.1. The maximum atomic E-state index is 13.0. The number of rotatable bonds is 2. The third-order valence-electron chi connectivity index (χ3n) is 3.83. The number of nitrogens with one attached hydrogen (secondary N) is 1. The number of benzene rings is 1. The van der Waals surface area contributed by atoms with Crippen molar-refractivity contribution in [2.75, 3.05) is 13.1 Å². The van der Waals surface area contributed by atoms with E-state index in [2.05, 4.69) is 10.4 Å². The molecule has 6 heteroatoms. The first-order valence-corrected chi connectivity index (χ1v) is 6.97. The van der Waals surface area contributed by atoms with Crippen LogP contribution in [0.25, 0.3) is 5.69 Å². The minimum atomic E-state index is -4.38. The van der Waals surface area contributed by atoms with Crippen molar-refractivity contribution in [3.05, 3.63) is 47.8 Å². The SMILES string of the molecule is FC(F)(F)c1ccccc1-n1cc(C2CCCNC2)cn1. The van der Waals surface area contributed by atoms with Crippen molar-refractivity contribution in [2.45, 2.75) is 24.9 Å². The molecule has 1 aromatic heterocycles. The highest BCUT2D eigenvalue weighted by Gasteiger charge is 2.34. The predicted octanol–water partition coefficient (Wildman–Crippen LogP) is 3.36. The minimum absolute atomic E-state index is 0.0695. The van der Waals surface area contributed by atoms with Crippen molar-refractivity contribution in [1.29, 1.82) is 0 Å². The summed E-state index contributed by atoms with van der Waals surface area (Å²) in [6, 6.07) is 5.51. The van der Waals surface area contributed by atoms with Crippen LogP contribution in [-0.2, 0) is 6.18 Å². The van der Waals surface area contributed by atoms with Crippen molar-refractivity contribution in [2.24, 2.45) is 0 Å². The monoisotopic (exact) mass is 295 g/mol. The Balaban J connectivity index is 1.93. The highest BCUT2D eigenvalue weighted by Crippen LogP contribution is 2.34. The summed E-state index contributed by atoms with van der Waals surface area (Å²) in [5, 5.41) is 7.43. The fourth-order valence-electron chi connectivity index (χ4n) is 2.73. The smallest absolute Gasteiger partial charge is 0.316 e. The first-order chi connectivity index (χ1) is 10.1. The maximum Gasteiger partial charge on any atom is 0.418 e. The van der Waals surface area contributed by atoms with Gasteiger partial charge in [0, 0.05) is 12.7 Å². The molecule has 21 heavy (non-hydrogen) atoms. The van der Waals surface area contributed by atoms with Gasteiger partial charge in [-0.1, -0.05) is 12.1 Å². The third-order valence-corrected chi connectivity index (χ3v) is 3.83. The largest absolute Gasteiger partial charge is 0.418 e. The molecule has 1 fully saturated rings. The Bertz CT molecular complexity index is 613. The zero-order valence-electron chi connectivity index (χ0n) is 11.4. The highest BCUT2D eigenvalue weighted by molar-refractivity contribution is 5.42. The average Bonchev–Trinajstić information content (AvgIpc) is 2.97. The molecular weight excluding hydrogens is 279 g/mol. The molecule has 1 atom stereocenters. The molecule has 1 saturated heterocycles. The van der Waals surface area contributed by atoms with Crippen LogP contribution in [0.4, 0.5) is 13.2 Å². The Labute approximate surface area is 120 Å². The molecule has 1 aliphatic rings. The van der Waals surface area contributed by atoms with Crippen LogP contribution >= 0.6 is 0 Å². The van der Waals surface area contributed by atoms with Gasteiger partial charge in [0.25, 0.3) is 0 Å². The first-order valence-electron chi connectivity index (χ1n) is 6.97. The second-order valence-corrected chi connectivity index (χ2v) is 5.28. The van der Waals surface area contributed by atoms with E-state index in [9.17, 15) is 13.2 Å². The van der Waals surface area contributed by atoms with Crippen molar-refractivity contribution >= 4 is 0 Å². The number of hydrogen-bond acceptors (Lipinski definition) is 2. The van der Waals surface area contributed by atoms with Gasteiger partial charge in [-0.25, -0.2) is 4.68 Å². The number of piperidine rings is 1. The molecule has 1 N–H and O–H groups in total. The molecular formula is C15H16F3N3. The van der Waals surface area contributed by atoms with Gasteiger partial charge in [0.05, 0.1) is 17.4 Å². The number of halogens is 3. The molecule has 0 radical (unpaired) electrons. The van der Waals surface area contributed by atoms with Gasteiger partial charge in [-0.2, -0.15) is 18.3 Å². The Morgan fingerprint density at radius 3 is 2.76 bits per heavy atom. The van der Waals surface area contributed by atoms with Crippen molar-refractivity contribution in [3.63, 3.8) is 0 Å². The topological polar surface area (TPSA) is 29.9 Å². The van der Waals surface area contributed by atoms with Gasteiger partial charge >= 0.3 is 6.18 Å². The number of nitrogens with zero attached hydrogens (tertiary/aromatic N) is 2. The lowest BCUT2D eigenvalue weighted by Gasteiger charge is -2.21. The molecule has 2 aromatic rings. The summed E-state index contributed by atoms with van der Waals surface area (Å²) in [5.41, 5.74) is 0.389. The van der Waals surface area contributed by atoms with Gasteiger partial charge in [-0.3, -0.25) is 0 Å². The number of para-hydroxylation sites is 1. The average molecular weight is 295 g/mol. The molecule has 112 valence electrons. The van der Waals surface area contributed by atoms with Crippen LogP contribution < -0.4 is 5.32 Å². The Morgan fingerprint density at radius 2 is 2.05 bits per heavy atom. The summed E-state index contributed by atoms with van der Waals surface area (Å²) in [6.45, 7) is 1.86. The summed E-state index contributed by atoms with van der Waals surface area (Å²) in [5.74, 6) is 0.325. The van der Waals surface area contributed by atoms with E-state index in [-0.39, 0.29) is 5.69 Å². The summed E-state index contributed by atoms with van der Waals surface area (Å²) in [7, 11) is 0. The van der Waals surface area contributed by atoms with Crippen LogP contribution in [0.1, 0.15) is 29.9 Å². The molecule has 1 unspecified atom stereocenters. The summed E-state index contributed by atoms with van der Waals surface area (Å²) < 4.78 is 40.5. The standard InChI is InChI=1S/C15H16F3N3/c16-15(17,18)13-5-1-2-6-14(13)21-10-12(9-20-21)11-4-3-7-19-8-11/h1-2,5-6,9-11,19H,3-4,7-8H2. The number of alkyl halides is 3. The lowest BCUT2D eigenvalue weighted by atomic mass is 9.94. The third kappa shape index (κ3) is 2.95. The number of hydrogen-bond donors (Lipinski definition) is 1. The second kappa shape index (κ2) is 5.52. The van der Waals surface area contributed by atoms with Crippen LogP contribution in [0.2, 0.25) is 0 Å². The van der Waals surface area contributed by atoms with Gasteiger partial charge in [0.2, 0.25) is 0 Å². The molecule has 0 saturated carbocycles. The van der Waals surface area contributed by atoms with Crippen LogP contribution in [-0.4, -0.2) is 22.9 Å². The molecule has 1 aliphatic heterocycles. The fraction of sp³-hybridized carbons (Fsp3) is 0.400. The Hall–Kier alpha value is -1.82. The normalized spacial score (nSPS) is 19.7. The molecule has 2 heterocycles. The molecule has 0 aliphatic carbocycles. The van der Waals surface area contributed by atoms with Crippen molar-refractivity contribution in [1.82, 2.24) is 15.1 Å². The lowest BCUT2D eigenvalue weighted by Crippen LogP contribution is -2.28. The quantitative estimate of drug-likeness (QED) is 0.920. The van der Waals surface area contributed by atoms with E-state index in [0.717, 1.165) is 37.6 Å². The second-order valence-electron chi connectivity index (χ2n) is 5.28. The maximum absolute atomic E-state index is 13.0. The van der Waals surface area contributed by atoms with E-state index in [1.807, 2.05) is 0 Å². The molecule has 3 rings (SSSR count). The van der Waals surface area contributed by atoms with E-state index in [4.69, 9.17) is 0 Å². The van der Waals surface area contributed by atoms with Crippen molar-refractivity contribution < 1.29 is 13.2 Å². The minimum Gasteiger partial charge on any atom is -0.316 e. The van der Waals surface area contributed by atoms with Gasteiger partial charge in [0.1, 0.15) is 0 Å². The summed E-state index contributed by atoms with van der Waals surface area (Å²) >= 11 is 0. The molecule has 0 amide bonds. The van der Waals surface area contributed by atoms with Gasteiger partial charge in [0.15, 0.2) is 0 Å². The van der Waals surface area contributed by atoms with Crippen LogP contribution in [0, 0.1) is 0 Å². The van der Waals surface area contributed by atoms with Crippen LogP contribution in [0.5, 0.6) is 0 Å².